The lowest BCUT2D eigenvalue weighted by Gasteiger charge is -2.26. The molecule has 0 amide bonds. The van der Waals surface area contributed by atoms with Crippen LogP contribution in [0, 0.1) is 0 Å². The Morgan fingerprint density at radius 3 is 1.83 bits per heavy atom. The second kappa shape index (κ2) is 8.72. The van der Waals surface area contributed by atoms with Crippen LogP contribution in [0.1, 0.15) is 38.9 Å². The number of rotatable bonds is 6. The molecule has 2 N–H and O–H groups in total. The van der Waals surface area contributed by atoms with Crippen molar-refractivity contribution in [3.63, 3.8) is 0 Å². The Hall–Kier alpha value is -2.11. The van der Waals surface area contributed by atoms with Crippen LogP contribution in [-0.4, -0.2) is 64.4 Å². The first kappa shape index (κ1) is 23.2. The van der Waals surface area contributed by atoms with Crippen molar-refractivity contribution in [2.45, 2.75) is 63.6 Å². The zero-order valence-corrected chi connectivity index (χ0v) is 16.5. The molecule has 1 heterocycles. The number of hydrogen-bond acceptors (Lipinski definition) is 6. The molecule has 0 fully saturated rings. The summed E-state index contributed by atoms with van der Waals surface area (Å²) in [6, 6.07) is -3.90. The molecule has 0 radical (unpaired) electrons. The molecule has 29 heavy (non-hydrogen) atoms. The van der Waals surface area contributed by atoms with E-state index in [1.165, 1.54) is 0 Å². The fourth-order valence-corrected chi connectivity index (χ4v) is 2.69. The number of anilines is 2. The van der Waals surface area contributed by atoms with Gasteiger partial charge in [0, 0.05) is 6.04 Å². The van der Waals surface area contributed by atoms with Crippen LogP contribution < -0.4 is 10.6 Å². The summed E-state index contributed by atoms with van der Waals surface area (Å²) in [6.07, 6.45) is -5.01. The number of hydrogen-bond donors (Lipinski definition) is 2. The van der Waals surface area contributed by atoms with Gasteiger partial charge >= 0.3 is 12.4 Å². The van der Waals surface area contributed by atoms with Crippen molar-refractivity contribution in [1.29, 1.82) is 0 Å². The molecular weight excluding hydrogens is 402 g/mol. The molecule has 1 aliphatic rings. The molecule has 0 bridgehead atoms. The van der Waals surface area contributed by atoms with Crippen molar-refractivity contribution >= 4 is 17.5 Å². The highest BCUT2D eigenvalue weighted by Gasteiger charge is 2.38. The van der Waals surface area contributed by atoms with E-state index in [0.717, 1.165) is 26.7 Å². The Morgan fingerprint density at radius 2 is 1.41 bits per heavy atom. The normalized spacial score (nSPS) is 20.2. The summed E-state index contributed by atoms with van der Waals surface area (Å²) in [6.45, 7) is 1.74. The van der Waals surface area contributed by atoms with Gasteiger partial charge in [0.25, 0.3) is 0 Å². The molecule has 1 aromatic heterocycles. The van der Waals surface area contributed by atoms with Gasteiger partial charge in [0.15, 0.2) is 5.82 Å². The summed E-state index contributed by atoms with van der Waals surface area (Å²) in [5.41, 5.74) is 0.655. The predicted octanol–water partition coefficient (Wildman–Crippen LogP) is 4.09. The lowest BCUT2D eigenvalue weighted by molar-refractivity contribution is -0.139. The number of likely N-dealkylation sites (N-methyl/N-ethyl adjacent to an activating group) is 1. The van der Waals surface area contributed by atoms with Gasteiger partial charge in [0.1, 0.15) is 12.1 Å². The molecule has 0 aliphatic heterocycles. The second-order valence-electron chi connectivity index (χ2n) is 7.24. The van der Waals surface area contributed by atoms with Crippen LogP contribution in [0.25, 0.3) is 5.57 Å². The van der Waals surface area contributed by atoms with Gasteiger partial charge in [-0.2, -0.15) is 41.3 Å². The van der Waals surface area contributed by atoms with E-state index in [1.54, 1.807) is 0 Å². The Balaban J connectivity index is 2.41. The van der Waals surface area contributed by atoms with Crippen LogP contribution in [-0.2, 0) is 0 Å². The molecule has 2 rings (SSSR count). The van der Waals surface area contributed by atoms with Crippen LogP contribution in [0.4, 0.5) is 38.2 Å². The van der Waals surface area contributed by atoms with Crippen LogP contribution >= 0.6 is 0 Å². The first-order valence-electron chi connectivity index (χ1n) is 9.07. The first-order valence-corrected chi connectivity index (χ1v) is 9.07. The lowest BCUT2D eigenvalue weighted by Crippen LogP contribution is -2.35. The molecule has 12 heteroatoms. The molecule has 0 spiro atoms. The quantitative estimate of drug-likeness (QED) is 0.668. The van der Waals surface area contributed by atoms with Crippen LogP contribution in [0.3, 0.4) is 0 Å². The average molecular weight is 426 g/mol. The fourth-order valence-electron chi connectivity index (χ4n) is 2.69. The summed E-state index contributed by atoms with van der Waals surface area (Å²) in [7, 11) is 3.76. The molecule has 1 aromatic rings. The lowest BCUT2D eigenvalue weighted by atomic mass is 9.94. The van der Waals surface area contributed by atoms with Gasteiger partial charge < -0.3 is 15.5 Å². The molecule has 164 valence electrons. The number of allylic oxidation sites excluding steroid dienone is 1. The molecule has 6 nitrogen and oxygen atoms in total. The number of alkyl halides is 6. The van der Waals surface area contributed by atoms with E-state index in [2.05, 4.69) is 25.6 Å². The summed E-state index contributed by atoms with van der Waals surface area (Å²) >= 11 is 0. The third kappa shape index (κ3) is 6.44. The van der Waals surface area contributed by atoms with E-state index < -0.39 is 36.3 Å². The van der Waals surface area contributed by atoms with Crippen molar-refractivity contribution < 1.29 is 26.3 Å². The first-order chi connectivity index (χ1) is 13.3. The summed E-state index contributed by atoms with van der Waals surface area (Å²) in [5, 5.41) is 4.20. The zero-order chi connectivity index (χ0) is 22.0. The largest absolute Gasteiger partial charge is 0.408 e. The SMILES string of the molecule is C[C@@H](Nc1nc(N[C@H](C)C(F)(F)F)nc(C2=CC(N(C)C)CCC2)n1)C(F)(F)F. The van der Waals surface area contributed by atoms with E-state index in [-0.39, 0.29) is 11.9 Å². The Bertz CT molecular complexity index is 690. The van der Waals surface area contributed by atoms with Gasteiger partial charge in [-0.15, -0.1) is 0 Å². The Morgan fingerprint density at radius 1 is 0.931 bits per heavy atom. The van der Waals surface area contributed by atoms with Crippen molar-refractivity contribution in [1.82, 2.24) is 19.9 Å². The predicted molar refractivity (Wildman–Crippen MR) is 97.4 cm³/mol. The number of nitrogens with one attached hydrogen (secondary N) is 2. The van der Waals surface area contributed by atoms with Gasteiger partial charge in [-0.3, -0.25) is 0 Å². The summed E-state index contributed by atoms with van der Waals surface area (Å²) in [4.78, 5) is 13.7. The van der Waals surface area contributed by atoms with Crippen LogP contribution in [0.2, 0.25) is 0 Å². The highest BCUT2D eigenvalue weighted by atomic mass is 19.4. The van der Waals surface area contributed by atoms with Gasteiger partial charge in [-0.05, 0) is 52.8 Å². The number of aromatic nitrogens is 3. The molecule has 0 saturated heterocycles. The van der Waals surface area contributed by atoms with Crippen LogP contribution in [0.15, 0.2) is 6.08 Å². The molecular formula is C17H24F6N6. The molecule has 0 saturated carbocycles. The van der Waals surface area contributed by atoms with E-state index in [9.17, 15) is 26.3 Å². The molecule has 1 unspecified atom stereocenters. The monoisotopic (exact) mass is 426 g/mol. The van der Waals surface area contributed by atoms with E-state index >= 15 is 0 Å². The minimum atomic E-state index is -4.57. The van der Waals surface area contributed by atoms with Crippen molar-refractivity contribution in [3.8, 4) is 0 Å². The highest BCUT2D eigenvalue weighted by molar-refractivity contribution is 5.63. The molecule has 1 aliphatic carbocycles. The summed E-state index contributed by atoms with van der Waals surface area (Å²) in [5.74, 6) is -0.825. The maximum atomic E-state index is 12.9. The van der Waals surface area contributed by atoms with Crippen molar-refractivity contribution in [2.24, 2.45) is 0 Å². The smallest absolute Gasteiger partial charge is 0.343 e. The maximum Gasteiger partial charge on any atom is 0.408 e. The third-order valence-corrected chi connectivity index (χ3v) is 4.60. The Kier molecular flexibility index (Phi) is 6.97. The van der Waals surface area contributed by atoms with Gasteiger partial charge in [0.2, 0.25) is 11.9 Å². The van der Waals surface area contributed by atoms with Crippen molar-refractivity contribution in [3.05, 3.63) is 11.9 Å². The van der Waals surface area contributed by atoms with E-state index in [4.69, 9.17) is 0 Å². The second-order valence-corrected chi connectivity index (χ2v) is 7.24. The summed E-state index contributed by atoms with van der Waals surface area (Å²) < 4.78 is 77.3. The topological polar surface area (TPSA) is 66.0 Å². The third-order valence-electron chi connectivity index (χ3n) is 4.60. The van der Waals surface area contributed by atoms with E-state index in [0.29, 0.717) is 12.0 Å². The van der Waals surface area contributed by atoms with E-state index in [1.807, 2.05) is 25.1 Å². The van der Waals surface area contributed by atoms with Crippen molar-refractivity contribution in [2.75, 3.05) is 24.7 Å². The van der Waals surface area contributed by atoms with Gasteiger partial charge in [-0.25, -0.2) is 0 Å². The maximum absolute atomic E-state index is 12.9. The standard InChI is InChI=1S/C17H24F6N6/c1-9(16(18,19)20)24-14-26-13(11-6-5-7-12(8-11)29(3)4)27-15(28-14)25-10(2)17(21,22)23/h8-10,12H,5-7H2,1-4H3,(H2,24,25,26,27,28)/t9-,10-,12?/m1/s1. The number of nitrogens with zero attached hydrogens (tertiary/aromatic N) is 4. The van der Waals surface area contributed by atoms with Gasteiger partial charge in [0.05, 0.1) is 0 Å². The number of halogens is 6. The minimum absolute atomic E-state index is 0.0558. The highest BCUT2D eigenvalue weighted by Crippen LogP contribution is 2.29. The molecule has 0 aromatic carbocycles. The van der Waals surface area contributed by atoms with Gasteiger partial charge in [-0.1, -0.05) is 6.08 Å². The fraction of sp³-hybridized carbons (Fsp3) is 0.706. The van der Waals surface area contributed by atoms with Crippen LogP contribution in [0.5, 0.6) is 0 Å². The molecule has 3 atom stereocenters. The Labute approximate surface area is 164 Å². The minimum Gasteiger partial charge on any atom is -0.343 e. The average Bonchev–Trinajstić information content (AvgIpc) is 2.60. The zero-order valence-electron chi connectivity index (χ0n) is 16.5.